The first-order chi connectivity index (χ1) is 20.9. The van der Waals surface area contributed by atoms with Gasteiger partial charge in [0.05, 0.1) is 0 Å². The van der Waals surface area contributed by atoms with Crippen molar-refractivity contribution in [1.29, 1.82) is 0 Å². The molecule has 2 aliphatic rings. The van der Waals surface area contributed by atoms with E-state index in [2.05, 4.69) is 85.4 Å². The third-order valence-electron chi connectivity index (χ3n) is 9.54. The molecule has 3 aromatic rings. The predicted molar refractivity (Wildman–Crippen MR) is 179 cm³/mol. The highest BCUT2D eigenvalue weighted by Gasteiger charge is 2.42. The van der Waals surface area contributed by atoms with Crippen molar-refractivity contribution >= 4 is 5.97 Å². The van der Waals surface area contributed by atoms with Gasteiger partial charge >= 0.3 is 5.97 Å². The van der Waals surface area contributed by atoms with Crippen LogP contribution < -0.4 is 0 Å². The van der Waals surface area contributed by atoms with E-state index in [9.17, 15) is 4.79 Å². The molecule has 1 saturated carbocycles. The summed E-state index contributed by atoms with van der Waals surface area (Å²) < 4.78 is 6.17. The lowest BCUT2D eigenvalue weighted by Crippen LogP contribution is -2.49. The van der Waals surface area contributed by atoms with E-state index in [-0.39, 0.29) is 11.9 Å². The van der Waals surface area contributed by atoms with Gasteiger partial charge in [0.2, 0.25) is 0 Å². The lowest BCUT2D eigenvalue weighted by molar-refractivity contribution is -0.168. The van der Waals surface area contributed by atoms with Crippen molar-refractivity contribution in [2.45, 2.75) is 89.2 Å². The van der Waals surface area contributed by atoms with Crippen LogP contribution in [0.1, 0.15) is 88.3 Å². The van der Waals surface area contributed by atoms with Crippen molar-refractivity contribution in [1.82, 2.24) is 9.80 Å². The van der Waals surface area contributed by atoms with Gasteiger partial charge in [-0.05, 0) is 69.6 Å². The first-order valence-electron chi connectivity index (χ1n) is 16.7. The summed E-state index contributed by atoms with van der Waals surface area (Å²) in [5.41, 5.74) is 3.49. The molecule has 232 valence electrons. The van der Waals surface area contributed by atoms with Crippen LogP contribution in [0.4, 0.5) is 0 Å². The number of carbonyl (C=O) groups is 1. The highest BCUT2D eigenvalue weighted by atomic mass is 16.6. The van der Waals surface area contributed by atoms with Crippen LogP contribution in [0.3, 0.4) is 0 Å². The van der Waals surface area contributed by atoms with Crippen LogP contribution in [0.2, 0.25) is 0 Å². The molecule has 5 rings (SSSR count). The average Bonchev–Trinajstić information content (AvgIpc) is 3.06. The molecule has 3 aromatic carbocycles. The van der Waals surface area contributed by atoms with Crippen LogP contribution in [-0.4, -0.2) is 49.5 Å². The number of likely N-dealkylation sites (tertiary alicyclic amines) is 1. The summed E-state index contributed by atoms with van der Waals surface area (Å²) in [4.78, 5) is 17.3. The van der Waals surface area contributed by atoms with E-state index in [1.807, 2.05) is 43.3 Å². The van der Waals surface area contributed by atoms with E-state index in [0.29, 0.717) is 18.4 Å². The van der Waals surface area contributed by atoms with Crippen molar-refractivity contribution in [3.8, 4) is 0 Å². The van der Waals surface area contributed by atoms with Crippen LogP contribution in [0.15, 0.2) is 91.0 Å². The number of esters is 1. The SMILES string of the molecule is CCC(=O)O[C@](Cc1ccccc1)(c1ccccc1)[C@H](C)CN(C)C.c1ccc(C2(N3CCCCC3)CCCCC2)cc1. The lowest BCUT2D eigenvalue weighted by atomic mass is 9.74. The normalized spacial score (nSPS) is 19.0. The molecule has 0 N–H and O–H groups in total. The third-order valence-corrected chi connectivity index (χ3v) is 9.54. The second-order valence-electron chi connectivity index (χ2n) is 12.9. The van der Waals surface area contributed by atoms with E-state index in [1.54, 1.807) is 5.56 Å². The fraction of sp³-hybridized carbons (Fsp3) is 0.513. The Bertz CT molecular complexity index is 1200. The topological polar surface area (TPSA) is 32.8 Å². The second kappa shape index (κ2) is 16.2. The minimum absolute atomic E-state index is 0.139. The van der Waals surface area contributed by atoms with E-state index in [1.165, 1.54) is 70.0 Å². The number of piperidine rings is 1. The maximum Gasteiger partial charge on any atom is 0.306 e. The summed E-state index contributed by atoms with van der Waals surface area (Å²) in [6.45, 7) is 7.47. The molecular formula is C39H54N2O2. The van der Waals surface area contributed by atoms with E-state index in [0.717, 1.165) is 12.1 Å². The van der Waals surface area contributed by atoms with Crippen LogP contribution in [0.5, 0.6) is 0 Å². The Hall–Kier alpha value is -2.95. The number of nitrogens with zero attached hydrogens (tertiary/aromatic N) is 2. The molecule has 1 saturated heterocycles. The molecule has 0 spiro atoms. The monoisotopic (exact) mass is 582 g/mol. The summed E-state index contributed by atoms with van der Waals surface area (Å²) >= 11 is 0. The van der Waals surface area contributed by atoms with Gasteiger partial charge in [-0.25, -0.2) is 0 Å². The van der Waals surface area contributed by atoms with Gasteiger partial charge in [0, 0.05) is 30.8 Å². The Balaban J connectivity index is 0.000000206. The molecule has 4 nitrogen and oxygen atoms in total. The zero-order valence-electron chi connectivity index (χ0n) is 27.1. The summed E-state index contributed by atoms with van der Waals surface area (Å²) in [7, 11) is 4.10. The van der Waals surface area contributed by atoms with Gasteiger partial charge < -0.3 is 9.64 Å². The van der Waals surface area contributed by atoms with Crippen molar-refractivity contribution in [2.24, 2.45) is 5.92 Å². The maximum absolute atomic E-state index is 12.3. The minimum atomic E-state index is -0.681. The summed E-state index contributed by atoms with van der Waals surface area (Å²) in [6.07, 6.45) is 12.3. The molecule has 0 amide bonds. The average molecular weight is 583 g/mol. The molecule has 0 unspecified atom stereocenters. The number of hydrogen-bond acceptors (Lipinski definition) is 4. The zero-order chi connectivity index (χ0) is 30.5. The quantitative estimate of drug-likeness (QED) is 0.224. The molecule has 1 aliphatic carbocycles. The predicted octanol–water partition coefficient (Wildman–Crippen LogP) is 8.61. The van der Waals surface area contributed by atoms with Gasteiger partial charge in [-0.15, -0.1) is 0 Å². The maximum atomic E-state index is 12.3. The first-order valence-corrected chi connectivity index (χ1v) is 16.7. The first kappa shape index (κ1) is 33.0. The van der Waals surface area contributed by atoms with Gasteiger partial charge in [0.15, 0.2) is 0 Å². The van der Waals surface area contributed by atoms with Gasteiger partial charge in [-0.1, -0.05) is 131 Å². The summed E-state index contributed by atoms with van der Waals surface area (Å²) in [5.74, 6) is -0.0222. The van der Waals surface area contributed by atoms with Gasteiger partial charge in [-0.2, -0.15) is 0 Å². The zero-order valence-corrected chi connectivity index (χ0v) is 27.1. The number of carbonyl (C=O) groups excluding carboxylic acids is 1. The number of hydrogen-bond donors (Lipinski definition) is 0. The van der Waals surface area contributed by atoms with Crippen LogP contribution in [0.25, 0.3) is 0 Å². The van der Waals surface area contributed by atoms with Crippen LogP contribution in [0, 0.1) is 5.92 Å². The second-order valence-corrected chi connectivity index (χ2v) is 12.9. The van der Waals surface area contributed by atoms with Crippen LogP contribution in [-0.2, 0) is 27.1 Å². The fourth-order valence-corrected chi connectivity index (χ4v) is 7.34. The van der Waals surface area contributed by atoms with Crippen molar-refractivity contribution in [3.63, 3.8) is 0 Å². The highest BCUT2D eigenvalue weighted by molar-refractivity contribution is 5.69. The fourth-order valence-electron chi connectivity index (χ4n) is 7.34. The van der Waals surface area contributed by atoms with Crippen molar-refractivity contribution in [2.75, 3.05) is 33.7 Å². The van der Waals surface area contributed by atoms with Crippen molar-refractivity contribution < 1.29 is 9.53 Å². The summed E-state index contributed by atoms with van der Waals surface area (Å²) in [6, 6.07) is 31.7. The Morgan fingerprint density at radius 2 is 1.35 bits per heavy atom. The third kappa shape index (κ3) is 8.58. The molecule has 1 aliphatic heterocycles. The smallest absolute Gasteiger partial charge is 0.306 e. The molecule has 43 heavy (non-hydrogen) atoms. The van der Waals surface area contributed by atoms with E-state index in [4.69, 9.17) is 4.74 Å². The minimum Gasteiger partial charge on any atom is -0.453 e. The Morgan fingerprint density at radius 3 is 1.91 bits per heavy atom. The highest BCUT2D eigenvalue weighted by Crippen LogP contribution is 2.43. The molecule has 4 heteroatoms. The lowest BCUT2D eigenvalue weighted by Gasteiger charge is -2.48. The Kier molecular flexibility index (Phi) is 12.4. The Labute approximate surface area is 261 Å². The molecule has 2 fully saturated rings. The molecule has 0 radical (unpaired) electrons. The molecule has 1 heterocycles. The van der Waals surface area contributed by atoms with Gasteiger partial charge in [-0.3, -0.25) is 9.69 Å². The molecule has 0 bridgehead atoms. The molecule has 0 aromatic heterocycles. The van der Waals surface area contributed by atoms with Gasteiger partial charge in [0.1, 0.15) is 5.60 Å². The molecular weight excluding hydrogens is 528 g/mol. The number of ether oxygens (including phenoxy) is 1. The number of rotatable bonds is 10. The van der Waals surface area contributed by atoms with Crippen LogP contribution >= 0.6 is 0 Å². The van der Waals surface area contributed by atoms with E-state index >= 15 is 0 Å². The summed E-state index contributed by atoms with van der Waals surface area (Å²) in [5, 5.41) is 0. The standard InChI is InChI=1S/C22H29NO2.C17H25N/c1-5-21(24)25-22(18(2)17-23(3)4,20-14-10-7-11-15-20)16-19-12-8-6-9-13-19;1-4-10-16(11-5-1)17(12-6-2-7-13-17)18-14-8-3-9-15-18/h6-15,18H,5,16-17H2,1-4H3;1,4-5,10-11H,2-3,6-9,12-15H2/t18-,22+;/m1./s1. The molecule has 2 atom stereocenters. The largest absolute Gasteiger partial charge is 0.453 e. The Morgan fingerprint density at radius 1 is 0.814 bits per heavy atom. The van der Waals surface area contributed by atoms with Crippen molar-refractivity contribution in [3.05, 3.63) is 108 Å². The number of benzene rings is 3. The van der Waals surface area contributed by atoms with E-state index < -0.39 is 5.60 Å². The van der Waals surface area contributed by atoms with Gasteiger partial charge in [0.25, 0.3) is 0 Å².